The molecule has 1 aromatic carbocycles. The van der Waals surface area contributed by atoms with Gasteiger partial charge in [0.25, 0.3) is 0 Å². The third-order valence-corrected chi connectivity index (χ3v) is 3.16. The van der Waals surface area contributed by atoms with E-state index in [0.29, 0.717) is 0 Å². The SMILES string of the molecule is c1ccc(CNCC[C@H]2CCCOC2)cc1. The van der Waals surface area contributed by atoms with Gasteiger partial charge in [0.05, 0.1) is 0 Å². The molecule has 88 valence electrons. The van der Waals surface area contributed by atoms with Crippen LogP contribution in [0.15, 0.2) is 30.3 Å². The maximum Gasteiger partial charge on any atom is 0.0494 e. The number of hydrogen-bond acceptors (Lipinski definition) is 2. The molecular formula is C14H21NO. The molecule has 2 nitrogen and oxygen atoms in total. The Hall–Kier alpha value is -0.860. The molecule has 1 fully saturated rings. The van der Waals surface area contributed by atoms with Crippen molar-refractivity contribution in [1.82, 2.24) is 5.32 Å². The maximum atomic E-state index is 5.47. The lowest BCUT2D eigenvalue weighted by Gasteiger charge is -2.21. The molecule has 2 heteroatoms. The summed E-state index contributed by atoms with van der Waals surface area (Å²) in [5, 5.41) is 3.49. The predicted octanol–water partition coefficient (Wildman–Crippen LogP) is 2.59. The third-order valence-electron chi connectivity index (χ3n) is 3.16. The van der Waals surface area contributed by atoms with E-state index in [2.05, 4.69) is 35.6 Å². The summed E-state index contributed by atoms with van der Waals surface area (Å²) < 4.78 is 5.47. The van der Waals surface area contributed by atoms with Crippen LogP contribution in [0.2, 0.25) is 0 Å². The van der Waals surface area contributed by atoms with Crippen LogP contribution in [0.5, 0.6) is 0 Å². The lowest BCUT2D eigenvalue weighted by molar-refractivity contribution is 0.0517. The molecule has 1 atom stereocenters. The fourth-order valence-electron chi connectivity index (χ4n) is 2.17. The van der Waals surface area contributed by atoms with Gasteiger partial charge in [0.1, 0.15) is 0 Å². The quantitative estimate of drug-likeness (QED) is 0.769. The Balaban J connectivity index is 1.58. The second-order valence-corrected chi connectivity index (χ2v) is 4.53. The highest BCUT2D eigenvalue weighted by molar-refractivity contribution is 5.14. The first-order valence-electron chi connectivity index (χ1n) is 6.27. The van der Waals surface area contributed by atoms with E-state index in [-0.39, 0.29) is 0 Å². The monoisotopic (exact) mass is 219 g/mol. The van der Waals surface area contributed by atoms with Gasteiger partial charge < -0.3 is 10.1 Å². The van der Waals surface area contributed by atoms with Gasteiger partial charge in [-0.3, -0.25) is 0 Å². The van der Waals surface area contributed by atoms with Crippen LogP contribution in [0, 0.1) is 5.92 Å². The van der Waals surface area contributed by atoms with Crippen molar-refractivity contribution in [3.05, 3.63) is 35.9 Å². The Morgan fingerprint density at radius 2 is 2.12 bits per heavy atom. The Morgan fingerprint density at radius 1 is 1.25 bits per heavy atom. The van der Waals surface area contributed by atoms with Crippen molar-refractivity contribution in [3.63, 3.8) is 0 Å². The van der Waals surface area contributed by atoms with Crippen molar-refractivity contribution in [2.45, 2.75) is 25.8 Å². The van der Waals surface area contributed by atoms with Gasteiger partial charge in [-0.1, -0.05) is 30.3 Å². The Kier molecular flexibility index (Phi) is 4.84. The first-order valence-corrected chi connectivity index (χ1v) is 6.27. The summed E-state index contributed by atoms with van der Waals surface area (Å²) in [7, 11) is 0. The molecule has 2 rings (SSSR count). The summed E-state index contributed by atoms with van der Waals surface area (Å²) in [4.78, 5) is 0. The molecule has 0 radical (unpaired) electrons. The van der Waals surface area contributed by atoms with Crippen molar-refractivity contribution in [3.8, 4) is 0 Å². The minimum atomic E-state index is 0.775. The van der Waals surface area contributed by atoms with Crippen LogP contribution in [-0.4, -0.2) is 19.8 Å². The van der Waals surface area contributed by atoms with Gasteiger partial charge in [0, 0.05) is 19.8 Å². The van der Waals surface area contributed by atoms with E-state index in [9.17, 15) is 0 Å². The van der Waals surface area contributed by atoms with E-state index < -0.39 is 0 Å². The minimum absolute atomic E-state index is 0.775. The highest BCUT2D eigenvalue weighted by Gasteiger charge is 2.12. The number of hydrogen-bond donors (Lipinski definition) is 1. The molecule has 1 saturated heterocycles. The fraction of sp³-hybridized carbons (Fsp3) is 0.571. The van der Waals surface area contributed by atoms with Gasteiger partial charge in [-0.05, 0) is 37.3 Å². The van der Waals surface area contributed by atoms with Crippen molar-refractivity contribution in [2.24, 2.45) is 5.92 Å². The smallest absolute Gasteiger partial charge is 0.0494 e. The third kappa shape index (κ3) is 3.95. The summed E-state index contributed by atoms with van der Waals surface area (Å²) >= 11 is 0. The zero-order chi connectivity index (χ0) is 11.1. The van der Waals surface area contributed by atoms with Gasteiger partial charge in [-0.15, -0.1) is 0 Å². The molecule has 1 aliphatic rings. The first-order chi connectivity index (χ1) is 7.95. The van der Waals surface area contributed by atoms with E-state index in [4.69, 9.17) is 4.74 Å². The van der Waals surface area contributed by atoms with E-state index in [1.165, 1.54) is 24.8 Å². The van der Waals surface area contributed by atoms with E-state index in [1.807, 2.05) is 0 Å². The summed E-state index contributed by atoms with van der Waals surface area (Å²) in [6.45, 7) is 4.01. The molecule has 16 heavy (non-hydrogen) atoms. The normalized spacial score (nSPS) is 20.9. The molecule has 0 aromatic heterocycles. The van der Waals surface area contributed by atoms with Gasteiger partial charge in [-0.2, -0.15) is 0 Å². The zero-order valence-corrected chi connectivity index (χ0v) is 9.82. The van der Waals surface area contributed by atoms with Gasteiger partial charge in [0.2, 0.25) is 0 Å². The fourth-order valence-corrected chi connectivity index (χ4v) is 2.17. The number of ether oxygens (including phenoxy) is 1. The molecule has 0 unspecified atom stereocenters. The van der Waals surface area contributed by atoms with Gasteiger partial charge >= 0.3 is 0 Å². The lowest BCUT2D eigenvalue weighted by Crippen LogP contribution is -2.23. The second kappa shape index (κ2) is 6.66. The molecular weight excluding hydrogens is 198 g/mol. The zero-order valence-electron chi connectivity index (χ0n) is 9.82. The Bertz CT molecular complexity index is 280. The molecule has 0 aliphatic carbocycles. The summed E-state index contributed by atoms with van der Waals surface area (Å²) in [6, 6.07) is 10.6. The van der Waals surface area contributed by atoms with E-state index in [1.54, 1.807) is 0 Å². The first kappa shape index (κ1) is 11.6. The van der Waals surface area contributed by atoms with E-state index in [0.717, 1.165) is 32.2 Å². The average molecular weight is 219 g/mol. The standard InChI is InChI=1S/C14H21NO/c1-2-5-13(6-3-1)11-15-9-8-14-7-4-10-16-12-14/h1-3,5-6,14-15H,4,7-12H2/t14-/m1/s1. The largest absolute Gasteiger partial charge is 0.381 e. The van der Waals surface area contributed by atoms with Crippen molar-refractivity contribution in [2.75, 3.05) is 19.8 Å². The number of benzene rings is 1. The second-order valence-electron chi connectivity index (χ2n) is 4.53. The molecule has 0 amide bonds. The molecule has 1 aromatic rings. The van der Waals surface area contributed by atoms with Crippen LogP contribution in [0.4, 0.5) is 0 Å². The Labute approximate surface area is 98.0 Å². The molecule has 0 spiro atoms. The van der Waals surface area contributed by atoms with Crippen LogP contribution in [0.1, 0.15) is 24.8 Å². The highest BCUT2D eigenvalue weighted by atomic mass is 16.5. The molecule has 1 heterocycles. The van der Waals surface area contributed by atoms with Crippen molar-refractivity contribution in [1.29, 1.82) is 0 Å². The molecule has 1 N–H and O–H groups in total. The minimum Gasteiger partial charge on any atom is -0.381 e. The average Bonchev–Trinajstić information content (AvgIpc) is 2.37. The summed E-state index contributed by atoms with van der Waals surface area (Å²) in [5.74, 6) is 0.775. The van der Waals surface area contributed by atoms with Crippen molar-refractivity contribution >= 4 is 0 Å². The van der Waals surface area contributed by atoms with Crippen LogP contribution in [0.3, 0.4) is 0 Å². The van der Waals surface area contributed by atoms with Crippen LogP contribution in [0.25, 0.3) is 0 Å². The van der Waals surface area contributed by atoms with Gasteiger partial charge in [0.15, 0.2) is 0 Å². The summed E-state index contributed by atoms with van der Waals surface area (Å²) in [5.41, 5.74) is 1.36. The van der Waals surface area contributed by atoms with Crippen LogP contribution < -0.4 is 5.32 Å². The van der Waals surface area contributed by atoms with Gasteiger partial charge in [-0.25, -0.2) is 0 Å². The molecule has 1 aliphatic heterocycles. The molecule has 0 saturated carbocycles. The Morgan fingerprint density at radius 3 is 2.88 bits per heavy atom. The maximum absolute atomic E-state index is 5.47. The lowest BCUT2D eigenvalue weighted by atomic mass is 9.99. The summed E-state index contributed by atoms with van der Waals surface area (Å²) in [6.07, 6.45) is 3.82. The number of rotatable bonds is 5. The number of nitrogens with one attached hydrogen (secondary N) is 1. The highest BCUT2D eigenvalue weighted by Crippen LogP contribution is 2.16. The predicted molar refractivity (Wildman–Crippen MR) is 66.3 cm³/mol. The van der Waals surface area contributed by atoms with Crippen molar-refractivity contribution < 1.29 is 4.74 Å². The van der Waals surface area contributed by atoms with Crippen LogP contribution >= 0.6 is 0 Å². The molecule has 0 bridgehead atoms. The van der Waals surface area contributed by atoms with Crippen LogP contribution in [-0.2, 0) is 11.3 Å². The van der Waals surface area contributed by atoms with E-state index >= 15 is 0 Å². The topological polar surface area (TPSA) is 21.3 Å².